The Hall–Kier alpha value is -3.78. The van der Waals surface area contributed by atoms with Crippen LogP contribution in [0.2, 0.25) is 0 Å². The molecule has 1 amide bonds. The van der Waals surface area contributed by atoms with Gasteiger partial charge in [0.05, 0.1) is 12.9 Å². The molecule has 0 aliphatic carbocycles. The van der Waals surface area contributed by atoms with Gasteiger partial charge >= 0.3 is 0 Å². The van der Waals surface area contributed by atoms with Gasteiger partial charge in [0.2, 0.25) is 5.91 Å². The fourth-order valence-corrected chi connectivity index (χ4v) is 4.30. The van der Waals surface area contributed by atoms with Crippen LogP contribution in [-0.4, -0.2) is 33.5 Å². The van der Waals surface area contributed by atoms with Gasteiger partial charge in [-0.3, -0.25) is 9.36 Å². The number of carbonyl (C=O) groups excluding carboxylic acids is 1. The smallest absolute Gasteiger partial charge is 0.234 e. The first-order valence-electron chi connectivity index (χ1n) is 11.4. The molecule has 0 radical (unpaired) electrons. The molecule has 1 N–H and O–H groups in total. The summed E-state index contributed by atoms with van der Waals surface area (Å²) in [4.78, 5) is 12.7. The normalized spacial score (nSPS) is 10.7. The third-order valence-corrected chi connectivity index (χ3v) is 6.35. The summed E-state index contributed by atoms with van der Waals surface area (Å²) in [7, 11) is 1.63. The minimum atomic E-state index is -0.0994. The Morgan fingerprint density at radius 2 is 1.69 bits per heavy atom. The van der Waals surface area contributed by atoms with Gasteiger partial charge in [0.25, 0.3) is 0 Å². The highest BCUT2D eigenvalue weighted by Crippen LogP contribution is 2.25. The van der Waals surface area contributed by atoms with Crippen LogP contribution in [0.3, 0.4) is 0 Å². The number of aromatic nitrogens is 3. The molecule has 0 spiro atoms. The number of para-hydroxylation sites is 1. The van der Waals surface area contributed by atoms with E-state index in [-0.39, 0.29) is 18.3 Å². The average Bonchev–Trinajstić information content (AvgIpc) is 3.30. The second kappa shape index (κ2) is 11.6. The van der Waals surface area contributed by atoms with Crippen molar-refractivity contribution in [1.29, 1.82) is 0 Å². The number of hydrogen-bond acceptors (Lipinski definition) is 6. The molecule has 7 nitrogen and oxygen atoms in total. The number of thioether (sulfide) groups is 1. The molecular formula is C27H28N4O3S. The van der Waals surface area contributed by atoms with Crippen molar-refractivity contribution in [3.05, 3.63) is 89.7 Å². The molecule has 35 heavy (non-hydrogen) atoms. The lowest BCUT2D eigenvalue weighted by molar-refractivity contribution is -0.113. The summed E-state index contributed by atoms with van der Waals surface area (Å²) in [5.41, 5.74) is 3.96. The maximum Gasteiger partial charge on any atom is 0.234 e. The van der Waals surface area contributed by atoms with Gasteiger partial charge in [0, 0.05) is 11.4 Å². The van der Waals surface area contributed by atoms with Crippen molar-refractivity contribution in [3.63, 3.8) is 0 Å². The van der Waals surface area contributed by atoms with Gasteiger partial charge in [-0.05, 0) is 61.4 Å². The number of benzene rings is 3. The lowest BCUT2D eigenvalue weighted by Gasteiger charge is -2.12. The number of hydrogen-bond donors (Lipinski definition) is 1. The molecule has 4 aromatic rings. The van der Waals surface area contributed by atoms with Gasteiger partial charge in [0.15, 0.2) is 11.0 Å². The molecule has 1 heterocycles. The van der Waals surface area contributed by atoms with Crippen molar-refractivity contribution < 1.29 is 14.3 Å². The maximum absolute atomic E-state index is 12.7. The van der Waals surface area contributed by atoms with Gasteiger partial charge in [-0.25, -0.2) is 0 Å². The molecule has 3 aromatic carbocycles. The summed E-state index contributed by atoms with van der Waals surface area (Å²) in [5.74, 6) is 2.24. The second-order valence-corrected chi connectivity index (χ2v) is 8.82. The van der Waals surface area contributed by atoms with Gasteiger partial charge < -0.3 is 14.8 Å². The Morgan fingerprint density at radius 3 is 2.40 bits per heavy atom. The Bertz CT molecular complexity index is 1270. The first-order chi connectivity index (χ1) is 17.1. The third-order valence-electron chi connectivity index (χ3n) is 5.42. The van der Waals surface area contributed by atoms with Crippen LogP contribution in [-0.2, 0) is 17.8 Å². The highest BCUT2D eigenvalue weighted by atomic mass is 32.2. The van der Waals surface area contributed by atoms with E-state index in [9.17, 15) is 4.79 Å². The molecule has 1 aromatic heterocycles. The van der Waals surface area contributed by atoms with Crippen molar-refractivity contribution in [3.8, 4) is 17.2 Å². The molecule has 8 heteroatoms. The van der Waals surface area contributed by atoms with Crippen molar-refractivity contribution >= 4 is 23.4 Å². The van der Waals surface area contributed by atoms with E-state index in [1.54, 1.807) is 7.11 Å². The zero-order valence-corrected chi connectivity index (χ0v) is 20.8. The quantitative estimate of drug-likeness (QED) is 0.299. The molecule has 0 saturated heterocycles. The number of carbonyl (C=O) groups is 1. The topological polar surface area (TPSA) is 78.3 Å². The number of nitrogens with zero attached hydrogens (tertiary/aromatic N) is 3. The van der Waals surface area contributed by atoms with Gasteiger partial charge in [0.1, 0.15) is 18.1 Å². The molecule has 0 aliphatic heterocycles. The lowest BCUT2D eigenvalue weighted by Crippen LogP contribution is -2.16. The summed E-state index contributed by atoms with van der Waals surface area (Å²) in [6.45, 7) is 4.33. The van der Waals surface area contributed by atoms with Gasteiger partial charge in [-0.2, -0.15) is 0 Å². The van der Waals surface area contributed by atoms with Crippen molar-refractivity contribution in [2.24, 2.45) is 0 Å². The zero-order chi connectivity index (χ0) is 24.6. The van der Waals surface area contributed by atoms with E-state index in [1.165, 1.54) is 11.8 Å². The minimum absolute atomic E-state index is 0.0994. The third kappa shape index (κ3) is 6.22. The molecule has 0 fully saturated rings. The molecular weight excluding hydrogens is 460 g/mol. The van der Waals surface area contributed by atoms with Crippen LogP contribution < -0.4 is 14.8 Å². The molecule has 0 saturated carbocycles. The van der Waals surface area contributed by atoms with Crippen LogP contribution in [0.5, 0.6) is 11.5 Å². The highest BCUT2D eigenvalue weighted by Gasteiger charge is 2.17. The molecule has 0 atom stereocenters. The largest absolute Gasteiger partial charge is 0.497 e. The van der Waals surface area contributed by atoms with Crippen LogP contribution in [0.25, 0.3) is 5.69 Å². The Kier molecular flexibility index (Phi) is 8.05. The predicted molar refractivity (Wildman–Crippen MR) is 139 cm³/mol. The number of nitrogens with one attached hydrogen (secondary N) is 1. The van der Waals surface area contributed by atoms with E-state index in [0.29, 0.717) is 11.0 Å². The fourth-order valence-electron chi connectivity index (χ4n) is 3.53. The predicted octanol–water partition coefficient (Wildman–Crippen LogP) is 5.46. The van der Waals surface area contributed by atoms with Crippen molar-refractivity contribution in [1.82, 2.24) is 14.8 Å². The maximum atomic E-state index is 12.7. The van der Waals surface area contributed by atoms with E-state index < -0.39 is 0 Å². The number of rotatable bonds is 10. The Labute approximate surface area is 209 Å². The summed E-state index contributed by atoms with van der Waals surface area (Å²) >= 11 is 1.33. The Morgan fingerprint density at radius 1 is 0.971 bits per heavy atom. The molecule has 0 unspecified atom stereocenters. The lowest BCUT2D eigenvalue weighted by atomic mass is 10.1. The SMILES string of the molecule is CCc1ccccc1NC(=O)CSc1nnc(COc2ccc(C)cc2)n1-c1ccc(OC)cc1. The number of methoxy groups -OCH3 is 1. The molecule has 180 valence electrons. The van der Waals surface area contributed by atoms with Crippen LogP contribution >= 0.6 is 11.8 Å². The summed E-state index contributed by atoms with van der Waals surface area (Å²) in [6, 6.07) is 23.3. The van der Waals surface area contributed by atoms with E-state index in [4.69, 9.17) is 9.47 Å². The molecule has 0 bridgehead atoms. The molecule has 4 rings (SSSR count). The van der Waals surface area contributed by atoms with E-state index >= 15 is 0 Å². The number of ether oxygens (including phenoxy) is 2. The minimum Gasteiger partial charge on any atom is -0.497 e. The van der Waals surface area contributed by atoms with E-state index in [2.05, 4.69) is 22.4 Å². The highest BCUT2D eigenvalue weighted by molar-refractivity contribution is 7.99. The number of anilines is 1. The number of aryl methyl sites for hydroxylation is 2. The van der Waals surface area contributed by atoms with Gasteiger partial charge in [-0.1, -0.05) is 54.6 Å². The average molecular weight is 489 g/mol. The fraction of sp³-hybridized carbons (Fsp3) is 0.222. The first-order valence-corrected chi connectivity index (χ1v) is 12.3. The second-order valence-electron chi connectivity index (χ2n) is 7.88. The summed E-state index contributed by atoms with van der Waals surface area (Å²) in [6.07, 6.45) is 0.847. The number of amides is 1. The first kappa shape index (κ1) is 24.3. The van der Waals surface area contributed by atoms with Crippen LogP contribution in [0.15, 0.2) is 78.0 Å². The van der Waals surface area contributed by atoms with Crippen LogP contribution in [0, 0.1) is 6.92 Å². The monoisotopic (exact) mass is 488 g/mol. The van der Waals surface area contributed by atoms with Crippen LogP contribution in [0.4, 0.5) is 5.69 Å². The van der Waals surface area contributed by atoms with E-state index in [1.807, 2.05) is 84.3 Å². The standard InChI is InChI=1S/C27H28N4O3S/c1-4-20-7-5-6-8-24(20)28-26(32)18-35-27-30-29-25(17-34-23-13-9-19(2)10-14-23)31(27)21-11-15-22(33-3)16-12-21/h5-16H,4,17-18H2,1-3H3,(H,28,32). The molecule has 0 aliphatic rings. The Balaban J connectivity index is 1.52. The summed E-state index contributed by atoms with van der Waals surface area (Å²) in [5, 5.41) is 12.3. The van der Waals surface area contributed by atoms with Crippen molar-refractivity contribution in [2.75, 3.05) is 18.2 Å². The van der Waals surface area contributed by atoms with Crippen LogP contribution in [0.1, 0.15) is 23.9 Å². The van der Waals surface area contributed by atoms with Crippen molar-refractivity contribution in [2.45, 2.75) is 32.0 Å². The van der Waals surface area contributed by atoms with Gasteiger partial charge in [-0.15, -0.1) is 10.2 Å². The van der Waals surface area contributed by atoms with E-state index in [0.717, 1.165) is 40.4 Å². The summed E-state index contributed by atoms with van der Waals surface area (Å²) < 4.78 is 13.2. The zero-order valence-electron chi connectivity index (χ0n) is 20.0.